The first-order valence-electron chi connectivity index (χ1n) is 13.7. The number of carbonyl (C=O) groups is 2. The minimum Gasteiger partial charge on any atom is -0.448 e. The van der Waals surface area contributed by atoms with E-state index in [9.17, 15) is 31.2 Å². The highest BCUT2D eigenvalue weighted by atomic mass is 32.2. The number of anilines is 1. The lowest BCUT2D eigenvalue weighted by Crippen LogP contribution is -2.50. The zero-order valence-electron chi connectivity index (χ0n) is 24.7. The number of alkyl halides is 3. The molecule has 11 nitrogen and oxygen atoms in total. The van der Waals surface area contributed by atoms with E-state index in [0.717, 1.165) is 23.1 Å². The predicted octanol–water partition coefficient (Wildman–Crippen LogP) is 3.74. The molecule has 0 unspecified atom stereocenters. The van der Waals surface area contributed by atoms with E-state index in [-0.39, 0.29) is 43.9 Å². The van der Waals surface area contributed by atoms with E-state index in [2.05, 4.69) is 15.0 Å². The third kappa shape index (κ3) is 7.95. The zero-order chi connectivity index (χ0) is 32.3. The molecule has 0 aliphatic carbocycles. The first-order valence-corrected chi connectivity index (χ1v) is 15.2. The number of rotatable bonds is 9. The molecule has 1 saturated heterocycles. The van der Waals surface area contributed by atoms with Gasteiger partial charge >= 0.3 is 12.5 Å². The van der Waals surface area contributed by atoms with Gasteiger partial charge in [0.1, 0.15) is 23.7 Å². The van der Waals surface area contributed by atoms with Crippen molar-refractivity contribution < 1.29 is 40.7 Å². The standard InChI is InChI=1S/C29H34F3N5O6S/c1-20-18-23(36(4)27(39)42-16-15-35(2)3)9-8-21(20)10-17-44(40,41)37-13-11-28(12-14-37)26(38)33-25(34-28)22-6-5-7-24(19-22)43-29(30,31)32/h5-10,17-19H,11-16H2,1-4H3,(H,33,34,38)/b17-10+. The molecular weight excluding hydrogens is 603 g/mol. The van der Waals surface area contributed by atoms with Crippen LogP contribution in [0.15, 0.2) is 52.9 Å². The highest BCUT2D eigenvalue weighted by Gasteiger charge is 2.47. The molecule has 1 N–H and O–H groups in total. The van der Waals surface area contributed by atoms with Crippen LogP contribution < -0.4 is 15.0 Å². The molecule has 238 valence electrons. The molecule has 2 aromatic carbocycles. The zero-order valence-corrected chi connectivity index (χ0v) is 25.5. The Labute approximate surface area is 254 Å². The van der Waals surface area contributed by atoms with Crippen LogP contribution in [0.25, 0.3) is 6.08 Å². The fraction of sp³-hybridized carbons (Fsp3) is 0.414. The van der Waals surface area contributed by atoms with E-state index in [1.807, 2.05) is 19.0 Å². The third-order valence-electron chi connectivity index (χ3n) is 7.33. The van der Waals surface area contributed by atoms with Crippen LogP contribution >= 0.6 is 0 Å². The van der Waals surface area contributed by atoms with Gasteiger partial charge < -0.3 is 19.7 Å². The Hall–Kier alpha value is -3.95. The first-order chi connectivity index (χ1) is 20.6. The highest BCUT2D eigenvalue weighted by Crippen LogP contribution is 2.33. The monoisotopic (exact) mass is 637 g/mol. The van der Waals surface area contributed by atoms with Crippen molar-refractivity contribution in [1.82, 2.24) is 14.5 Å². The van der Waals surface area contributed by atoms with Crippen LogP contribution in [0.4, 0.5) is 23.7 Å². The van der Waals surface area contributed by atoms with Gasteiger partial charge in [-0.05, 0) is 75.3 Å². The maximum absolute atomic E-state index is 13.1. The summed E-state index contributed by atoms with van der Waals surface area (Å²) >= 11 is 0. The average molecular weight is 638 g/mol. The number of hydrogen-bond donors (Lipinski definition) is 1. The summed E-state index contributed by atoms with van der Waals surface area (Å²) in [5.74, 6) is -0.787. The van der Waals surface area contributed by atoms with Gasteiger partial charge in [-0.3, -0.25) is 14.7 Å². The van der Waals surface area contributed by atoms with Crippen LogP contribution in [-0.4, -0.2) is 94.7 Å². The second-order valence-corrected chi connectivity index (χ2v) is 12.6. The molecule has 2 aliphatic heterocycles. The molecule has 2 heterocycles. The number of carbonyl (C=O) groups excluding carboxylic acids is 2. The Bertz CT molecular complexity index is 1570. The van der Waals surface area contributed by atoms with Crippen LogP contribution in [0.3, 0.4) is 0 Å². The van der Waals surface area contributed by atoms with Crippen molar-refractivity contribution in [3.05, 3.63) is 64.6 Å². The van der Waals surface area contributed by atoms with Crippen molar-refractivity contribution in [2.75, 3.05) is 52.3 Å². The van der Waals surface area contributed by atoms with Crippen molar-refractivity contribution in [1.29, 1.82) is 0 Å². The van der Waals surface area contributed by atoms with Gasteiger partial charge in [0.2, 0.25) is 10.0 Å². The number of piperidine rings is 1. The van der Waals surface area contributed by atoms with Gasteiger partial charge in [0.15, 0.2) is 0 Å². The maximum atomic E-state index is 13.1. The molecule has 1 spiro atoms. The minimum absolute atomic E-state index is 0.0206. The summed E-state index contributed by atoms with van der Waals surface area (Å²) in [4.78, 5) is 33.0. The normalized spacial score (nSPS) is 17.2. The average Bonchev–Trinajstić information content (AvgIpc) is 3.26. The van der Waals surface area contributed by atoms with Crippen LogP contribution in [0.2, 0.25) is 0 Å². The Balaban J connectivity index is 1.39. The maximum Gasteiger partial charge on any atom is 0.573 e. The lowest BCUT2D eigenvalue weighted by molar-refractivity contribution is -0.274. The summed E-state index contributed by atoms with van der Waals surface area (Å²) in [6.45, 7) is 2.68. The molecule has 1 fully saturated rings. The molecule has 0 radical (unpaired) electrons. The number of halogens is 3. The van der Waals surface area contributed by atoms with Crippen molar-refractivity contribution in [3.63, 3.8) is 0 Å². The SMILES string of the molecule is Cc1cc(N(C)C(=O)OCCN(C)C)ccc1/C=C/S(=O)(=O)N1CCC2(CC1)N=C(c1cccc(OC(F)(F)F)c1)NC2=O. The lowest BCUT2D eigenvalue weighted by Gasteiger charge is -2.34. The van der Waals surface area contributed by atoms with E-state index in [1.54, 1.807) is 32.2 Å². The highest BCUT2D eigenvalue weighted by molar-refractivity contribution is 7.92. The second-order valence-electron chi connectivity index (χ2n) is 10.8. The largest absolute Gasteiger partial charge is 0.573 e. The second kappa shape index (κ2) is 13.0. The fourth-order valence-corrected chi connectivity index (χ4v) is 5.94. The van der Waals surface area contributed by atoms with Gasteiger partial charge in [0.05, 0.1) is 0 Å². The number of amidine groups is 1. The fourth-order valence-electron chi connectivity index (χ4n) is 4.76. The topological polar surface area (TPSA) is 121 Å². The molecule has 2 aliphatic rings. The number of hydrogen-bond acceptors (Lipinski definition) is 8. The Morgan fingerprint density at radius 2 is 1.84 bits per heavy atom. The lowest BCUT2D eigenvalue weighted by atomic mass is 9.89. The number of sulfonamides is 1. The molecule has 2 aromatic rings. The number of benzene rings is 2. The minimum atomic E-state index is -4.87. The number of ether oxygens (including phenoxy) is 2. The third-order valence-corrected chi connectivity index (χ3v) is 8.89. The summed E-state index contributed by atoms with van der Waals surface area (Å²) in [6, 6.07) is 10.3. The number of likely N-dealkylation sites (N-methyl/N-ethyl adjacent to an activating group) is 1. The Kier molecular flexibility index (Phi) is 9.71. The molecule has 0 aromatic heterocycles. The summed E-state index contributed by atoms with van der Waals surface area (Å²) < 4.78 is 74.6. The van der Waals surface area contributed by atoms with E-state index < -0.39 is 39.7 Å². The van der Waals surface area contributed by atoms with Gasteiger partial charge in [0.25, 0.3) is 5.91 Å². The summed E-state index contributed by atoms with van der Waals surface area (Å²) in [6.07, 6.45) is -3.70. The van der Waals surface area contributed by atoms with Gasteiger partial charge in [-0.25, -0.2) is 13.2 Å². The van der Waals surface area contributed by atoms with Crippen molar-refractivity contribution in [2.45, 2.75) is 31.7 Å². The number of amides is 2. The van der Waals surface area contributed by atoms with Crippen molar-refractivity contribution in [2.24, 2.45) is 4.99 Å². The molecule has 4 rings (SSSR count). The molecular formula is C29H34F3N5O6S. The Morgan fingerprint density at radius 1 is 1.14 bits per heavy atom. The number of aliphatic imine (C=N–C) groups is 1. The van der Waals surface area contributed by atoms with Crippen LogP contribution in [-0.2, 0) is 19.6 Å². The van der Waals surface area contributed by atoms with E-state index in [1.165, 1.54) is 27.4 Å². The number of nitrogens with one attached hydrogen (secondary N) is 1. The smallest absolute Gasteiger partial charge is 0.448 e. The van der Waals surface area contributed by atoms with Crippen LogP contribution in [0.5, 0.6) is 5.75 Å². The van der Waals surface area contributed by atoms with Crippen LogP contribution in [0.1, 0.15) is 29.5 Å². The molecule has 15 heteroatoms. The van der Waals surface area contributed by atoms with Crippen molar-refractivity contribution >= 4 is 39.6 Å². The van der Waals surface area contributed by atoms with Crippen molar-refractivity contribution in [3.8, 4) is 5.75 Å². The van der Waals surface area contributed by atoms with Gasteiger partial charge in [0, 0.05) is 43.3 Å². The molecule has 0 atom stereocenters. The van der Waals surface area contributed by atoms with Gasteiger partial charge in [-0.15, -0.1) is 13.2 Å². The van der Waals surface area contributed by atoms with Gasteiger partial charge in [-0.1, -0.05) is 18.2 Å². The number of nitrogens with zero attached hydrogens (tertiary/aromatic N) is 4. The summed E-state index contributed by atoms with van der Waals surface area (Å²) in [5, 5.41) is 3.72. The Morgan fingerprint density at radius 3 is 2.48 bits per heavy atom. The number of aryl methyl sites for hydroxylation is 1. The van der Waals surface area contributed by atoms with E-state index in [4.69, 9.17) is 4.74 Å². The summed E-state index contributed by atoms with van der Waals surface area (Å²) in [7, 11) is 1.49. The predicted molar refractivity (Wildman–Crippen MR) is 159 cm³/mol. The molecule has 0 bridgehead atoms. The molecule has 2 amide bonds. The molecule has 44 heavy (non-hydrogen) atoms. The van der Waals surface area contributed by atoms with E-state index in [0.29, 0.717) is 17.8 Å². The first kappa shape index (κ1) is 33.0. The quantitative estimate of drug-likeness (QED) is 0.445. The van der Waals surface area contributed by atoms with Crippen LogP contribution in [0, 0.1) is 6.92 Å². The summed E-state index contributed by atoms with van der Waals surface area (Å²) in [5.41, 5.74) is 0.990. The van der Waals surface area contributed by atoms with E-state index >= 15 is 0 Å². The van der Waals surface area contributed by atoms with Gasteiger partial charge in [-0.2, -0.15) is 4.31 Å². The molecule has 0 saturated carbocycles.